The molecule has 0 radical (unpaired) electrons. The highest BCUT2D eigenvalue weighted by atomic mass is 79.9. The number of H-pyrrole nitrogens is 1. The van der Waals surface area contributed by atoms with Crippen LogP contribution in [0.5, 0.6) is 0 Å². The number of benzene rings is 16. The van der Waals surface area contributed by atoms with Gasteiger partial charge in [0.15, 0.2) is 46.1 Å². The fraction of sp³-hybridized carbons (Fsp3) is 0. The van der Waals surface area contributed by atoms with Crippen LogP contribution in [-0.2, 0) is 0 Å². The summed E-state index contributed by atoms with van der Waals surface area (Å²) < 4.78 is 21.7. The van der Waals surface area contributed by atoms with Crippen LogP contribution in [0.4, 0.5) is 0 Å². The number of halogens is 1. The Hall–Kier alpha value is -15.2. The lowest BCUT2D eigenvalue weighted by Gasteiger charge is -2.13. The molecule has 115 heavy (non-hydrogen) atoms. The molecule has 0 aliphatic heterocycles. The smallest absolute Gasteiger partial charge is 0.164 e. The summed E-state index contributed by atoms with van der Waals surface area (Å²) in [5.41, 5.74) is 21.4. The lowest BCUT2D eigenvalue weighted by molar-refractivity contribution is 0.671. The molecule has 8 aromatic heterocycles. The predicted molar refractivity (Wildman–Crippen MR) is 473 cm³/mol. The summed E-state index contributed by atoms with van der Waals surface area (Å²) in [7, 11) is 0. The van der Waals surface area contributed by atoms with Crippen LogP contribution in [0.3, 0.4) is 0 Å². The van der Waals surface area contributed by atoms with E-state index in [9.17, 15) is 0 Å². The minimum absolute atomic E-state index is 0.611. The average Bonchev–Trinajstić information content (AvgIpc) is 1.53. The van der Waals surface area contributed by atoms with Crippen molar-refractivity contribution in [3.05, 3.63) is 381 Å². The minimum atomic E-state index is 0.611. The summed E-state index contributed by atoms with van der Waals surface area (Å²) in [6.07, 6.45) is 0. The van der Waals surface area contributed by atoms with E-state index >= 15 is 0 Å². The van der Waals surface area contributed by atoms with Crippen molar-refractivity contribution >= 4 is 147 Å². The first-order valence-electron chi connectivity index (χ1n) is 38.3. The highest BCUT2D eigenvalue weighted by Crippen LogP contribution is 2.51. The van der Waals surface area contributed by atoms with E-state index in [1.165, 1.54) is 32.4 Å². The molecular weight excluding hydrogens is 1480 g/mol. The van der Waals surface area contributed by atoms with Crippen LogP contribution in [0, 0.1) is 0 Å². The summed E-state index contributed by atoms with van der Waals surface area (Å²) in [5, 5.41) is 14.0. The second-order valence-corrected chi connectivity index (χ2v) is 29.5. The van der Waals surface area contributed by atoms with Gasteiger partial charge in [-0.05, 0) is 84.9 Å². The molecule has 1 N–H and O–H groups in total. The fourth-order valence-corrected chi connectivity index (χ4v) is 17.3. The Morgan fingerprint density at radius 1 is 0.235 bits per heavy atom. The van der Waals surface area contributed by atoms with Crippen LogP contribution >= 0.6 is 15.9 Å². The standard InChI is InChI=1S/C51H31N5O.C30H18N2O.C21H14BrN3/c1-4-17-32(18-5-1)49-52-50(33-19-6-2-7-20-33)54-51(53-49)34-21-16-24-36(31-34)56-40-28-13-10-25-37(40)43-44-39-27-12-15-30-42(39)57-48(44)47-45(46(43)56)38-26-11-14-29-41(38)55(47)35-22-8-3-9-23-35;1-2-10-18(11-3-1)32-23-16-8-5-13-20(23)27-28-25(19-12-4-7-15-22(19)31-28)26-21-14-6-9-17-24(21)33-30(26)29(27)32;22-18-13-7-12-17(14-18)21-24-19(15-8-3-1-4-9-15)23-20(25-21)16-10-5-2-6-11-16/h1-31H;1-17,31H;1-14H. The Labute approximate surface area is 665 Å². The molecule has 13 heteroatoms. The van der Waals surface area contributed by atoms with Crippen molar-refractivity contribution in [2.45, 2.75) is 0 Å². The van der Waals surface area contributed by atoms with E-state index in [1.54, 1.807) is 0 Å². The number of aromatic amines is 1. The lowest BCUT2D eigenvalue weighted by Crippen LogP contribution is -2.01. The predicted octanol–water partition coefficient (Wildman–Crippen LogP) is 26.9. The molecule has 0 spiro atoms. The third-order valence-electron chi connectivity index (χ3n) is 21.8. The van der Waals surface area contributed by atoms with Crippen molar-refractivity contribution in [1.82, 2.24) is 48.6 Å². The van der Waals surface area contributed by atoms with Gasteiger partial charge in [0.25, 0.3) is 0 Å². The van der Waals surface area contributed by atoms with Gasteiger partial charge >= 0.3 is 0 Å². The molecule has 24 rings (SSSR count). The van der Waals surface area contributed by atoms with Gasteiger partial charge in [0.2, 0.25) is 0 Å². The van der Waals surface area contributed by atoms with Crippen molar-refractivity contribution in [2.75, 3.05) is 0 Å². The number of para-hydroxylation sites is 8. The quantitative estimate of drug-likeness (QED) is 0.151. The number of rotatable bonds is 9. The van der Waals surface area contributed by atoms with Gasteiger partial charge in [0, 0.05) is 125 Å². The van der Waals surface area contributed by atoms with Crippen molar-refractivity contribution in [1.29, 1.82) is 0 Å². The summed E-state index contributed by atoms with van der Waals surface area (Å²) in [4.78, 5) is 33.0. The third kappa shape index (κ3) is 11.3. The van der Waals surface area contributed by atoms with Crippen LogP contribution in [0.2, 0.25) is 0 Å². The van der Waals surface area contributed by atoms with E-state index in [2.05, 4.69) is 258 Å². The zero-order chi connectivity index (χ0) is 76.0. The first-order chi connectivity index (χ1) is 57.0. The molecule has 0 atom stereocenters. The molecule has 8 heterocycles. The highest BCUT2D eigenvalue weighted by molar-refractivity contribution is 9.10. The van der Waals surface area contributed by atoms with E-state index in [1.807, 2.05) is 158 Å². The van der Waals surface area contributed by atoms with Crippen molar-refractivity contribution < 1.29 is 8.83 Å². The molecule has 0 saturated heterocycles. The Kier molecular flexibility index (Phi) is 16.1. The first-order valence-corrected chi connectivity index (χ1v) is 39.1. The topological polar surface area (TPSA) is 134 Å². The Bertz CT molecular complexity index is 7800. The molecule has 16 aromatic carbocycles. The maximum atomic E-state index is 6.95. The van der Waals surface area contributed by atoms with Gasteiger partial charge in [-0.15, -0.1) is 0 Å². The summed E-state index contributed by atoms with van der Waals surface area (Å²) in [5.74, 6) is 3.87. The van der Waals surface area contributed by atoms with E-state index in [-0.39, 0.29) is 0 Å². The van der Waals surface area contributed by atoms with Crippen molar-refractivity contribution in [3.63, 3.8) is 0 Å². The number of nitrogens with one attached hydrogen (secondary N) is 1. The van der Waals surface area contributed by atoms with E-state index < -0.39 is 0 Å². The van der Waals surface area contributed by atoms with Gasteiger partial charge in [-0.2, -0.15) is 0 Å². The minimum Gasteiger partial charge on any atom is -0.454 e. The number of furan rings is 2. The fourth-order valence-electron chi connectivity index (χ4n) is 16.9. The monoisotopic (exact) mass is 1540 g/mol. The normalized spacial score (nSPS) is 11.7. The number of hydrogen-bond acceptors (Lipinski definition) is 8. The van der Waals surface area contributed by atoms with E-state index in [4.69, 9.17) is 33.8 Å². The second-order valence-electron chi connectivity index (χ2n) is 28.6. The Balaban J connectivity index is 0.000000117. The SMILES string of the molecule is Brc1cccc(-c2nc(-c3ccccc3)nc(-c3ccccc3)n2)c1.c1ccc(-c2nc(-c3ccccc3)nc(-c3cccc(-n4c5ccccc5c5c6c7ccccc7oc6c6c(c7ccccc7n6-c6ccccc6)c54)c3)n2)cc1.c1ccc(-n2c3ccccc3c3c4[nH]c5ccccc5c4c4c5ccccc5oc4c32)cc1. The van der Waals surface area contributed by atoms with Crippen LogP contribution < -0.4 is 0 Å². The van der Waals surface area contributed by atoms with Crippen LogP contribution in [0.15, 0.2) is 389 Å². The van der Waals surface area contributed by atoms with Crippen LogP contribution in [0.1, 0.15) is 0 Å². The summed E-state index contributed by atoms with van der Waals surface area (Å²) in [6.45, 7) is 0. The van der Waals surface area contributed by atoms with Gasteiger partial charge < -0.3 is 27.5 Å². The van der Waals surface area contributed by atoms with Gasteiger partial charge in [0.05, 0.1) is 38.6 Å². The van der Waals surface area contributed by atoms with E-state index in [0.717, 1.165) is 154 Å². The molecule has 24 aromatic rings. The average molecular weight is 1540 g/mol. The van der Waals surface area contributed by atoms with Gasteiger partial charge in [0.1, 0.15) is 11.2 Å². The Morgan fingerprint density at radius 2 is 0.557 bits per heavy atom. The third-order valence-corrected chi connectivity index (χ3v) is 22.3. The van der Waals surface area contributed by atoms with Crippen LogP contribution in [0.25, 0.3) is 216 Å². The molecule has 0 fully saturated rings. The number of fused-ring (bicyclic) bond motifs is 24. The summed E-state index contributed by atoms with van der Waals surface area (Å²) >= 11 is 3.52. The molecule has 0 bridgehead atoms. The molecule has 0 amide bonds. The zero-order valence-electron chi connectivity index (χ0n) is 61.5. The molecule has 0 unspecified atom stereocenters. The molecule has 12 nitrogen and oxygen atoms in total. The lowest BCUT2D eigenvalue weighted by atomic mass is 10.0. The largest absolute Gasteiger partial charge is 0.454 e. The molecular formula is C102H63BrN10O2. The van der Waals surface area contributed by atoms with Crippen molar-refractivity contribution in [2.24, 2.45) is 0 Å². The highest BCUT2D eigenvalue weighted by Gasteiger charge is 2.30. The maximum absolute atomic E-state index is 6.95. The van der Waals surface area contributed by atoms with Gasteiger partial charge in [-0.3, -0.25) is 0 Å². The maximum Gasteiger partial charge on any atom is 0.164 e. The molecule has 0 aliphatic rings. The summed E-state index contributed by atoms with van der Waals surface area (Å²) in [6, 6.07) is 129. The zero-order valence-corrected chi connectivity index (χ0v) is 63.1. The number of aromatic nitrogens is 10. The molecule has 0 saturated carbocycles. The number of hydrogen-bond donors (Lipinski definition) is 1. The second kappa shape index (κ2) is 27.7. The Morgan fingerprint density at radius 3 is 1.02 bits per heavy atom. The molecule has 540 valence electrons. The van der Waals surface area contributed by atoms with E-state index in [0.29, 0.717) is 34.9 Å². The first kappa shape index (κ1) is 66.8. The van der Waals surface area contributed by atoms with Gasteiger partial charge in [-0.25, -0.2) is 29.9 Å². The van der Waals surface area contributed by atoms with Crippen molar-refractivity contribution in [3.8, 4) is 85.4 Å². The molecule has 0 aliphatic carbocycles. The van der Waals surface area contributed by atoms with Crippen LogP contribution in [-0.4, -0.2) is 48.6 Å². The number of nitrogens with zero attached hydrogens (tertiary/aromatic N) is 9. The van der Waals surface area contributed by atoms with Gasteiger partial charge in [-0.1, -0.05) is 307 Å².